The molecule has 0 aromatic heterocycles. The normalized spacial score (nSPS) is 11.9. The van der Waals surface area contributed by atoms with Crippen LogP contribution in [0.15, 0.2) is 18.2 Å². The number of hydrogen-bond acceptors (Lipinski definition) is 3. The van der Waals surface area contributed by atoms with E-state index in [9.17, 15) is 13.8 Å². The number of carboxylic acid groups (broad SMARTS) is 1. The van der Waals surface area contributed by atoms with E-state index < -0.39 is 22.7 Å². The number of benzene rings is 1. The van der Waals surface area contributed by atoms with Gasteiger partial charge in [-0.05, 0) is 18.2 Å². The molecule has 1 aromatic rings. The van der Waals surface area contributed by atoms with Crippen LogP contribution in [-0.2, 0) is 15.6 Å². The molecule has 0 saturated carbocycles. The lowest BCUT2D eigenvalue weighted by molar-refractivity contribution is -0.113. The van der Waals surface area contributed by atoms with E-state index in [2.05, 4.69) is 5.32 Å². The Balaban J connectivity index is 2.90. The highest BCUT2D eigenvalue weighted by Crippen LogP contribution is 2.23. The van der Waals surface area contributed by atoms with Gasteiger partial charge in [-0.15, -0.1) is 0 Å². The van der Waals surface area contributed by atoms with E-state index in [0.717, 1.165) is 0 Å². The molecule has 0 bridgehead atoms. The molecule has 5 nitrogen and oxygen atoms in total. The van der Waals surface area contributed by atoms with Crippen molar-refractivity contribution in [1.29, 1.82) is 0 Å². The summed E-state index contributed by atoms with van der Waals surface area (Å²) in [7, 11) is -1.26. The Morgan fingerprint density at radius 3 is 2.65 bits per heavy atom. The van der Waals surface area contributed by atoms with Gasteiger partial charge in [-0.3, -0.25) is 9.00 Å². The summed E-state index contributed by atoms with van der Waals surface area (Å²) >= 11 is 5.80. The summed E-state index contributed by atoms with van der Waals surface area (Å²) in [6.45, 7) is 0. The molecule has 1 unspecified atom stereocenters. The average Bonchev–Trinajstić information content (AvgIpc) is 2.19. The smallest absolute Gasteiger partial charge is 0.335 e. The maximum absolute atomic E-state index is 11.3. The monoisotopic (exact) mass is 275 g/mol. The molecule has 1 aromatic carbocycles. The standard InChI is InChI=1S/C10H10ClNO4S/c1-17(16)5-9(13)12-8-4-6(10(14)15)2-3-7(8)11/h2-4H,5H2,1H3,(H,12,13)(H,14,15). The van der Waals surface area contributed by atoms with Crippen LogP contribution in [-0.4, -0.2) is 33.2 Å². The number of nitrogens with one attached hydrogen (secondary N) is 1. The van der Waals surface area contributed by atoms with Gasteiger partial charge in [0.15, 0.2) is 0 Å². The number of amides is 1. The summed E-state index contributed by atoms with van der Waals surface area (Å²) < 4.78 is 10.8. The zero-order chi connectivity index (χ0) is 13.0. The van der Waals surface area contributed by atoms with E-state index >= 15 is 0 Å². The van der Waals surface area contributed by atoms with Crippen molar-refractivity contribution in [2.45, 2.75) is 0 Å². The van der Waals surface area contributed by atoms with Crippen LogP contribution in [0, 0.1) is 0 Å². The number of hydrogen-bond donors (Lipinski definition) is 2. The van der Waals surface area contributed by atoms with Gasteiger partial charge in [-0.2, -0.15) is 0 Å². The Morgan fingerprint density at radius 1 is 1.47 bits per heavy atom. The number of carboxylic acids is 1. The first-order chi connectivity index (χ1) is 7.90. The molecule has 1 rings (SSSR count). The van der Waals surface area contributed by atoms with E-state index in [1.165, 1.54) is 24.5 Å². The zero-order valence-corrected chi connectivity index (χ0v) is 10.5. The third-order valence-corrected chi connectivity index (χ3v) is 2.82. The van der Waals surface area contributed by atoms with Crippen LogP contribution < -0.4 is 5.32 Å². The van der Waals surface area contributed by atoms with E-state index in [1.54, 1.807) is 0 Å². The van der Waals surface area contributed by atoms with Crippen molar-refractivity contribution in [2.24, 2.45) is 0 Å². The summed E-state index contributed by atoms with van der Waals surface area (Å²) in [4.78, 5) is 22.1. The number of halogens is 1. The summed E-state index contributed by atoms with van der Waals surface area (Å²) in [5.41, 5.74) is 0.212. The Bertz CT molecular complexity index is 489. The van der Waals surface area contributed by atoms with Crippen LogP contribution in [0.4, 0.5) is 5.69 Å². The maximum Gasteiger partial charge on any atom is 0.335 e. The topological polar surface area (TPSA) is 83.5 Å². The highest BCUT2D eigenvalue weighted by atomic mass is 35.5. The van der Waals surface area contributed by atoms with Crippen LogP contribution in [0.2, 0.25) is 5.02 Å². The minimum Gasteiger partial charge on any atom is -0.478 e. The van der Waals surface area contributed by atoms with Crippen LogP contribution in [0.5, 0.6) is 0 Å². The van der Waals surface area contributed by atoms with Crippen LogP contribution in [0.3, 0.4) is 0 Å². The molecular formula is C10H10ClNO4S. The molecule has 0 heterocycles. The maximum atomic E-state index is 11.3. The predicted octanol–water partition coefficient (Wildman–Crippen LogP) is 1.36. The van der Waals surface area contributed by atoms with Crippen molar-refractivity contribution < 1.29 is 18.9 Å². The number of rotatable bonds is 4. The van der Waals surface area contributed by atoms with Crippen LogP contribution >= 0.6 is 11.6 Å². The fourth-order valence-electron chi connectivity index (χ4n) is 1.12. The molecule has 0 aliphatic heterocycles. The molecule has 1 amide bonds. The second-order valence-electron chi connectivity index (χ2n) is 3.27. The Hall–Kier alpha value is -1.40. The lowest BCUT2D eigenvalue weighted by atomic mass is 10.2. The second kappa shape index (κ2) is 5.79. The van der Waals surface area contributed by atoms with Gasteiger partial charge in [-0.25, -0.2) is 4.79 Å². The predicted molar refractivity (Wildman–Crippen MR) is 66.0 cm³/mol. The SMILES string of the molecule is CS(=O)CC(=O)Nc1cc(C(=O)O)ccc1Cl. The number of carbonyl (C=O) groups excluding carboxylic acids is 1. The van der Waals surface area contributed by atoms with Crippen molar-refractivity contribution in [1.82, 2.24) is 0 Å². The Kier molecular flexibility index (Phi) is 4.65. The van der Waals surface area contributed by atoms with E-state index in [1.807, 2.05) is 0 Å². The quantitative estimate of drug-likeness (QED) is 0.869. The first-order valence-corrected chi connectivity index (χ1v) is 6.63. The average molecular weight is 276 g/mol. The van der Waals surface area contributed by atoms with E-state index in [0.29, 0.717) is 0 Å². The molecule has 7 heteroatoms. The zero-order valence-electron chi connectivity index (χ0n) is 8.90. The lowest BCUT2D eigenvalue weighted by Crippen LogP contribution is -2.19. The minimum atomic E-state index is -1.26. The summed E-state index contributed by atoms with van der Waals surface area (Å²) in [5.74, 6) is -1.75. The highest BCUT2D eigenvalue weighted by molar-refractivity contribution is 7.85. The summed E-state index contributed by atoms with van der Waals surface area (Å²) in [6, 6.07) is 3.96. The van der Waals surface area contributed by atoms with Crippen molar-refractivity contribution in [3.63, 3.8) is 0 Å². The van der Waals surface area contributed by atoms with E-state index in [4.69, 9.17) is 16.7 Å². The molecule has 0 aliphatic rings. The van der Waals surface area contributed by atoms with Crippen molar-refractivity contribution in [3.05, 3.63) is 28.8 Å². The van der Waals surface area contributed by atoms with Gasteiger partial charge in [0, 0.05) is 17.1 Å². The highest BCUT2D eigenvalue weighted by Gasteiger charge is 2.10. The van der Waals surface area contributed by atoms with Gasteiger partial charge < -0.3 is 10.4 Å². The molecular weight excluding hydrogens is 266 g/mol. The van der Waals surface area contributed by atoms with Gasteiger partial charge in [0.2, 0.25) is 5.91 Å². The van der Waals surface area contributed by atoms with E-state index in [-0.39, 0.29) is 22.0 Å². The molecule has 92 valence electrons. The Labute approximate surface area is 105 Å². The van der Waals surface area contributed by atoms with Gasteiger partial charge in [-0.1, -0.05) is 11.6 Å². The fraction of sp³-hybridized carbons (Fsp3) is 0.200. The molecule has 0 spiro atoms. The van der Waals surface area contributed by atoms with Crippen LogP contribution in [0.1, 0.15) is 10.4 Å². The molecule has 0 fully saturated rings. The molecule has 0 saturated heterocycles. The third-order valence-electron chi connectivity index (χ3n) is 1.82. The first kappa shape index (κ1) is 13.7. The Morgan fingerprint density at radius 2 is 2.12 bits per heavy atom. The molecule has 1 atom stereocenters. The largest absolute Gasteiger partial charge is 0.478 e. The van der Waals surface area contributed by atoms with Gasteiger partial charge in [0.05, 0.1) is 16.3 Å². The van der Waals surface area contributed by atoms with Crippen LogP contribution in [0.25, 0.3) is 0 Å². The van der Waals surface area contributed by atoms with Gasteiger partial charge in [0.1, 0.15) is 5.75 Å². The molecule has 0 aliphatic carbocycles. The van der Waals surface area contributed by atoms with Crippen molar-refractivity contribution >= 4 is 40.0 Å². The van der Waals surface area contributed by atoms with Crippen molar-refractivity contribution in [3.8, 4) is 0 Å². The molecule has 17 heavy (non-hydrogen) atoms. The first-order valence-electron chi connectivity index (χ1n) is 4.53. The molecule has 2 N–H and O–H groups in total. The number of anilines is 1. The van der Waals surface area contributed by atoms with Crippen molar-refractivity contribution in [2.75, 3.05) is 17.3 Å². The minimum absolute atomic E-state index is 0.0160. The number of aromatic carboxylic acids is 1. The fourth-order valence-corrected chi connectivity index (χ4v) is 1.73. The second-order valence-corrected chi connectivity index (χ2v) is 5.11. The third kappa shape index (κ3) is 4.16. The van der Waals surface area contributed by atoms with Gasteiger partial charge in [0.25, 0.3) is 0 Å². The summed E-state index contributed by atoms with van der Waals surface area (Å²) in [6.07, 6.45) is 1.40. The summed E-state index contributed by atoms with van der Waals surface area (Å²) in [5, 5.41) is 11.4. The number of carbonyl (C=O) groups is 2. The molecule has 0 radical (unpaired) electrons. The van der Waals surface area contributed by atoms with Gasteiger partial charge >= 0.3 is 5.97 Å². The lowest BCUT2D eigenvalue weighted by Gasteiger charge is -2.07.